The van der Waals surface area contributed by atoms with Crippen LogP contribution in [0, 0.1) is 27.9 Å². The molecule has 30 heteroatoms. The Balaban J connectivity index is 0.560. The van der Waals surface area contributed by atoms with Crippen LogP contribution in [-0.2, 0) is 40.4 Å². The quantitative estimate of drug-likeness (QED) is 0.0167. The highest BCUT2D eigenvalue weighted by atomic mass is 35.5. The van der Waals surface area contributed by atoms with Crippen LogP contribution >= 0.6 is 22.9 Å². The van der Waals surface area contributed by atoms with Crippen molar-refractivity contribution >= 4 is 108 Å². The van der Waals surface area contributed by atoms with Gasteiger partial charge in [-0.2, -0.15) is 4.98 Å². The Morgan fingerprint density at radius 2 is 1.56 bits per heavy atom. The van der Waals surface area contributed by atoms with E-state index in [-0.39, 0.29) is 76.4 Å². The van der Waals surface area contributed by atoms with Crippen LogP contribution in [0.3, 0.4) is 0 Å². The second-order valence-corrected chi connectivity index (χ2v) is 36.2. The Hall–Kier alpha value is -9.07. The van der Waals surface area contributed by atoms with Crippen LogP contribution in [0.1, 0.15) is 144 Å². The van der Waals surface area contributed by atoms with E-state index in [1.54, 1.807) is 23.6 Å². The summed E-state index contributed by atoms with van der Waals surface area (Å²) < 4.78 is 43.0. The van der Waals surface area contributed by atoms with Crippen molar-refractivity contribution in [3.8, 4) is 16.3 Å². The molecule has 6 aliphatic heterocycles. The summed E-state index contributed by atoms with van der Waals surface area (Å²) in [5, 5.41) is 34.2. The van der Waals surface area contributed by atoms with Crippen molar-refractivity contribution < 1.29 is 51.9 Å². The van der Waals surface area contributed by atoms with E-state index in [2.05, 4.69) is 69.3 Å². The summed E-state index contributed by atoms with van der Waals surface area (Å²) >= 11 is 8.10. The first-order valence-electron chi connectivity index (χ1n) is 40.2. The van der Waals surface area contributed by atoms with Crippen molar-refractivity contribution in [2.75, 3.05) is 133 Å². The lowest BCUT2D eigenvalue weighted by molar-refractivity contribution is -0.384. The molecule has 608 valence electrons. The monoisotopic (exact) mass is 1620 g/mol. The number of allylic oxidation sites excluding steroid dienone is 1. The Morgan fingerprint density at radius 1 is 0.833 bits per heavy atom. The third-order valence-corrected chi connectivity index (χ3v) is 26.2. The number of anilines is 4. The molecule has 1 aliphatic carbocycles. The number of piperazine rings is 2. The van der Waals surface area contributed by atoms with Crippen LogP contribution in [0.25, 0.3) is 27.0 Å². The number of likely N-dealkylation sites (tertiary alicyclic amines) is 1. The number of fused-ring (bicyclic) bond motifs is 3. The van der Waals surface area contributed by atoms with Crippen LogP contribution in [0.4, 0.5) is 28.4 Å². The lowest BCUT2D eigenvalue weighted by Gasteiger charge is -2.44. The number of aryl methyl sites for hydroxylation is 1. The number of carbonyl (C=O) groups excluding carboxylic acids is 5. The molecule has 0 saturated carbocycles. The van der Waals surface area contributed by atoms with Gasteiger partial charge in [-0.15, -0.1) is 11.3 Å². The van der Waals surface area contributed by atoms with E-state index < -0.39 is 50.4 Å². The highest BCUT2D eigenvalue weighted by molar-refractivity contribution is 7.90. The lowest BCUT2D eigenvalue weighted by atomic mass is 9.70. The number of thiazole rings is 1. The van der Waals surface area contributed by atoms with Crippen molar-refractivity contribution in [1.82, 2.24) is 54.8 Å². The van der Waals surface area contributed by atoms with Gasteiger partial charge < -0.3 is 55.1 Å². The molecule has 6 N–H and O–H groups in total. The summed E-state index contributed by atoms with van der Waals surface area (Å²) in [7, 11) is -4.66. The number of hydrogen-bond donors (Lipinski definition) is 6. The molecule has 0 bridgehead atoms. The van der Waals surface area contributed by atoms with Gasteiger partial charge in [-0.05, 0) is 146 Å². The van der Waals surface area contributed by atoms with Crippen molar-refractivity contribution in [3.05, 3.63) is 151 Å². The maximum Gasteiger partial charge on any atom is 0.293 e. The first-order chi connectivity index (χ1) is 54.7. The largest absolute Gasteiger partial charge is 0.476 e. The minimum absolute atomic E-state index is 0.0120. The molecule has 0 spiro atoms. The number of nitro groups is 1. The van der Waals surface area contributed by atoms with E-state index >= 15 is 0 Å². The number of morpholine rings is 1. The predicted octanol–water partition coefficient (Wildman–Crippen LogP) is 10.9. The number of unbranched alkanes of at least 4 members (excludes halogenated alkanes) is 3. The fraction of sp³-hybridized carbons (Fsp3) is 0.512. The van der Waals surface area contributed by atoms with E-state index in [9.17, 15) is 47.6 Å². The second kappa shape index (κ2) is 35.2. The number of carbonyl (C=O) groups is 5. The Morgan fingerprint density at radius 3 is 2.28 bits per heavy atom. The number of sulfonamides is 1. The van der Waals surface area contributed by atoms with Gasteiger partial charge in [0, 0.05) is 152 Å². The standard InChI is InChI=1S/C84H106ClN15O12S2/c1-54(56-14-16-58(17-15-56)76-55(2)87-53-113-76)88-80(105)71-46-65(101)51-99(71)82(106)77(83(3,4)5)90-73(102)12-9-7-8-10-13-74(103)97-35-31-95(32-36-97)52-84(6)26-24-60(68(48-84)57-18-20-62(85)21-19-57)49-93-29-33-96(34-30-93)64-22-23-67(69(45-64)98-28-11-39-112-81-72(98)44-59-25-27-86-78(59)91-81)79(104)92-114(109,110)66-43-61-42-63(50-94-37-40-111-41-38-94)89-75(61)70(47-66)100(107)108/h14-23,25,27,43-45,47,53-54,63,65,71,77,89,101H,7-13,24,26,28-42,46,48-52H2,1-6H3,(H,86,91)(H,88,105)(H,90,102)(H,92,104)/t54-,63-,65+,71-,77+,84+/m0/s1. The Kier molecular flexibility index (Phi) is 25.1. The van der Waals surface area contributed by atoms with Gasteiger partial charge in [-0.3, -0.25) is 48.8 Å². The number of nitrogens with one attached hydrogen (secondary N) is 5. The van der Waals surface area contributed by atoms with E-state index in [1.807, 2.05) is 111 Å². The van der Waals surface area contributed by atoms with Crippen molar-refractivity contribution in [1.29, 1.82) is 0 Å². The number of aromatic amines is 1. The molecule has 9 heterocycles. The molecule has 0 radical (unpaired) electrons. The smallest absolute Gasteiger partial charge is 0.293 e. The third-order valence-electron chi connectivity index (χ3n) is 23.7. The number of ether oxygens (including phenoxy) is 2. The highest BCUT2D eigenvalue weighted by Crippen LogP contribution is 2.46. The number of nitrogens with zero attached hydrogens (tertiary/aromatic N) is 10. The number of hydrogen-bond acceptors (Lipinski definition) is 21. The van der Waals surface area contributed by atoms with E-state index in [0.717, 1.165) is 123 Å². The minimum Gasteiger partial charge on any atom is -0.476 e. The van der Waals surface area contributed by atoms with E-state index in [4.69, 9.17) is 26.1 Å². The minimum atomic E-state index is -4.66. The highest BCUT2D eigenvalue weighted by Gasteiger charge is 2.46. The maximum atomic E-state index is 14.8. The second-order valence-electron chi connectivity index (χ2n) is 33.2. The molecule has 14 rings (SSSR count). The summed E-state index contributed by atoms with van der Waals surface area (Å²) in [5.74, 6) is -1.40. The fourth-order valence-electron chi connectivity index (χ4n) is 17.4. The van der Waals surface area contributed by atoms with Gasteiger partial charge >= 0.3 is 0 Å². The molecule has 7 aromatic rings. The molecule has 4 aromatic carbocycles. The topological polar surface area (TPSA) is 314 Å². The summed E-state index contributed by atoms with van der Waals surface area (Å²) in [6.45, 7) is 23.3. The van der Waals surface area contributed by atoms with Crippen molar-refractivity contribution in [2.24, 2.45) is 10.8 Å². The molecule has 0 unspecified atom stereocenters. The fourth-order valence-corrected chi connectivity index (χ4v) is 19.3. The number of amides is 5. The molecule has 7 aliphatic rings. The number of aromatic nitrogens is 3. The number of H-pyrrole nitrogens is 1. The molecule has 4 saturated heterocycles. The average Bonchev–Trinajstić information content (AvgIpc) is 1.30. The molecule has 5 amide bonds. The summed E-state index contributed by atoms with van der Waals surface area (Å²) in [6.07, 6.45) is 8.23. The van der Waals surface area contributed by atoms with Gasteiger partial charge in [0.15, 0.2) is 0 Å². The zero-order valence-electron chi connectivity index (χ0n) is 66.0. The average molecular weight is 1620 g/mol. The van der Waals surface area contributed by atoms with Gasteiger partial charge in [0.05, 0.1) is 69.1 Å². The molecular formula is C84H106ClN15O12S2. The number of pyridine rings is 1. The van der Waals surface area contributed by atoms with Crippen LogP contribution in [0.2, 0.25) is 5.02 Å². The summed E-state index contributed by atoms with van der Waals surface area (Å²) in [4.78, 5) is 110. The van der Waals surface area contributed by atoms with Gasteiger partial charge in [0.25, 0.3) is 21.6 Å². The lowest BCUT2D eigenvalue weighted by Crippen LogP contribution is -2.57. The third kappa shape index (κ3) is 19.1. The molecule has 6 atom stereocenters. The number of rotatable bonds is 26. The first kappa shape index (κ1) is 81.5. The normalized spacial score (nSPS) is 21.2. The van der Waals surface area contributed by atoms with Crippen LogP contribution in [0.15, 0.2) is 113 Å². The van der Waals surface area contributed by atoms with E-state index in [0.29, 0.717) is 125 Å². The van der Waals surface area contributed by atoms with Gasteiger partial charge in [-0.1, -0.05) is 94.1 Å². The Bertz CT molecular complexity index is 4840. The summed E-state index contributed by atoms with van der Waals surface area (Å²) in [6, 6.07) is 25.6. The van der Waals surface area contributed by atoms with Gasteiger partial charge in [0.2, 0.25) is 29.5 Å². The number of aliphatic hydroxyl groups excluding tert-OH is 1. The molecular weight excluding hydrogens is 1510 g/mol. The van der Waals surface area contributed by atoms with Crippen molar-refractivity contribution in [3.63, 3.8) is 0 Å². The number of aliphatic hydroxyl groups is 1. The number of nitro benzene ring substituents is 1. The van der Waals surface area contributed by atoms with Crippen LogP contribution in [0.5, 0.6) is 5.88 Å². The molecule has 4 fully saturated rings. The number of halogens is 1. The number of benzene rings is 4. The molecule has 114 heavy (non-hydrogen) atoms. The zero-order valence-corrected chi connectivity index (χ0v) is 68.4. The SMILES string of the molecule is Cc1ncsc1-c1ccc([C@H](C)NC(=O)[C@@H]2C[C@@H](O)CN2C(=O)[C@@H](NC(=O)CCCCCCC(=O)N2CCN(C[C@]3(C)CCC(CN4CCN(c5ccc(C(=O)NS(=O)(=O)c6cc7c(c([N+](=O)[O-])c6)N[C@H](CN6CCOCC6)C7)c(N6CCCOc7nc8[nH]ccc8cc76)c5)CC4)=C(c4ccc(Cl)cc4)C3)CC2)C(C)(C)C)cc1. The van der Waals surface area contributed by atoms with Crippen LogP contribution in [-0.4, -0.2) is 230 Å². The van der Waals surface area contributed by atoms with E-state index in [1.165, 1.54) is 27.7 Å². The number of β-amino-alcohol motifs (C(OH)–C–C–N with tert-alkyl or cyclic N) is 1. The van der Waals surface area contributed by atoms with Gasteiger partial charge in [0.1, 0.15) is 29.1 Å². The predicted molar refractivity (Wildman–Crippen MR) is 442 cm³/mol. The molecule has 3 aromatic heterocycles. The first-order valence-corrected chi connectivity index (χ1v) is 42.9. The molecule has 27 nitrogen and oxygen atoms in total. The maximum absolute atomic E-state index is 14.8. The van der Waals surface area contributed by atoms with Gasteiger partial charge in [-0.25, -0.2) is 18.1 Å². The Labute approximate surface area is 675 Å². The summed E-state index contributed by atoms with van der Waals surface area (Å²) in [5.41, 5.74) is 11.0. The zero-order chi connectivity index (χ0) is 80.2. The van der Waals surface area contributed by atoms with Crippen LogP contribution < -0.4 is 35.2 Å². The van der Waals surface area contributed by atoms with Crippen molar-refractivity contribution in [2.45, 2.75) is 154 Å².